The average Bonchev–Trinajstić information content (AvgIpc) is 2.76. The molecule has 1 heterocycles. The number of nitrogens with zero attached hydrogens (tertiary/aromatic N) is 1. The summed E-state index contributed by atoms with van der Waals surface area (Å²) < 4.78 is 5.00. The van der Waals surface area contributed by atoms with Gasteiger partial charge >= 0.3 is 0 Å². The molecule has 1 aliphatic carbocycles. The number of hydrogen-bond acceptors (Lipinski definition) is 4. The van der Waals surface area contributed by atoms with Crippen molar-refractivity contribution in [3.05, 3.63) is 17.8 Å². The van der Waals surface area contributed by atoms with Crippen LogP contribution in [0.25, 0.3) is 0 Å². The van der Waals surface area contributed by atoms with Gasteiger partial charge in [0.1, 0.15) is 5.76 Å². The second kappa shape index (κ2) is 5.31. The maximum Gasteiger partial charge on any atom is 0.273 e. The van der Waals surface area contributed by atoms with E-state index in [1.807, 2.05) is 0 Å². The van der Waals surface area contributed by atoms with E-state index in [1.165, 1.54) is 6.39 Å². The third-order valence-corrected chi connectivity index (χ3v) is 3.40. The fraction of sp³-hybridized carbons (Fsp3) is 0.667. The first-order valence-corrected chi connectivity index (χ1v) is 6.02. The molecule has 0 spiro atoms. The highest BCUT2D eigenvalue weighted by molar-refractivity contribution is 5.93. The van der Waals surface area contributed by atoms with E-state index in [0.717, 1.165) is 25.7 Å². The van der Waals surface area contributed by atoms with E-state index in [1.54, 1.807) is 6.92 Å². The molecular weight excluding hydrogens is 220 g/mol. The number of oxazole rings is 1. The van der Waals surface area contributed by atoms with Gasteiger partial charge in [-0.05, 0) is 38.5 Å². The molecule has 1 saturated carbocycles. The Morgan fingerprint density at radius 1 is 1.53 bits per heavy atom. The molecular formula is C12H18N2O3. The molecule has 0 saturated heterocycles. The second-order valence-corrected chi connectivity index (χ2v) is 4.63. The van der Waals surface area contributed by atoms with Crippen LogP contribution in [0.1, 0.15) is 41.9 Å². The molecule has 0 radical (unpaired) electrons. The van der Waals surface area contributed by atoms with E-state index in [4.69, 9.17) is 9.52 Å². The number of nitrogens with one attached hydrogen (secondary N) is 1. The van der Waals surface area contributed by atoms with Crippen molar-refractivity contribution in [3.8, 4) is 0 Å². The van der Waals surface area contributed by atoms with Gasteiger partial charge in [0, 0.05) is 12.6 Å². The highest BCUT2D eigenvalue weighted by Gasteiger charge is 2.23. The van der Waals surface area contributed by atoms with Gasteiger partial charge in [-0.25, -0.2) is 4.98 Å². The van der Waals surface area contributed by atoms with Crippen LogP contribution < -0.4 is 5.32 Å². The highest BCUT2D eigenvalue weighted by atomic mass is 16.3. The molecule has 1 aromatic rings. The third-order valence-electron chi connectivity index (χ3n) is 3.40. The molecule has 94 valence electrons. The van der Waals surface area contributed by atoms with Crippen molar-refractivity contribution in [2.75, 3.05) is 6.61 Å². The summed E-state index contributed by atoms with van der Waals surface area (Å²) in [6, 6.07) is 0.196. The van der Waals surface area contributed by atoms with Gasteiger partial charge in [0.25, 0.3) is 5.91 Å². The van der Waals surface area contributed by atoms with Gasteiger partial charge in [-0.1, -0.05) is 0 Å². The third kappa shape index (κ3) is 2.85. The van der Waals surface area contributed by atoms with Gasteiger partial charge in [-0.2, -0.15) is 0 Å². The molecule has 5 nitrogen and oxygen atoms in total. The lowest BCUT2D eigenvalue weighted by Gasteiger charge is -2.27. The SMILES string of the molecule is Cc1ocnc1C(=O)NC1CCC(CO)CC1. The zero-order valence-electron chi connectivity index (χ0n) is 9.98. The number of aryl methyl sites for hydroxylation is 1. The summed E-state index contributed by atoms with van der Waals surface area (Å²) in [5, 5.41) is 12.0. The maximum atomic E-state index is 11.9. The van der Waals surface area contributed by atoms with E-state index in [-0.39, 0.29) is 18.6 Å². The van der Waals surface area contributed by atoms with Crippen LogP contribution in [0.4, 0.5) is 0 Å². The summed E-state index contributed by atoms with van der Waals surface area (Å²) in [7, 11) is 0. The molecule has 0 atom stereocenters. The van der Waals surface area contributed by atoms with Crippen LogP contribution in [-0.2, 0) is 0 Å². The van der Waals surface area contributed by atoms with Crippen molar-refractivity contribution in [1.82, 2.24) is 10.3 Å². The molecule has 1 amide bonds. The van der Waals surface area contributed by atoms with Crippen LogP contribution in [0.5, 0.6) is 0 Å². The molecule has 1 aromatic heterocycles. The summed E-state index contributed by atoms with van der Waals surface area (Å²) in [5.41, 5.74) is 0.370. The number of aliphatic hydroxyl groups is 1. The molecule has 0 aromatic carbocycles. The van der Waals surface area contributed by atoms with Crippen LogP contribution >= 0.6 is 0 Å². The number of carbonyl (C=O) groups excluding carboxylic acids is 1. The summed E-state index contributed by atoms with van der Waals surface area (Å²) in [6.45, 7) is 1.98. The molecule has 5 heteroatoms. The highest BCUT2D eigenvalue weighted by Crippen LogP contribution is 2.23. The minimum absolute atomic E-state index is 0.163. The maximum absolute atomic E-state index is 11.9. The fourth-order valence-electron chi connectivity index (χ4n) is 2.27. The largest absolute Gasteiger partial charge is 0.448 e. The Morgan fingerprint density at radius 3 is 2.76 bits per heavy atom. The Balaban J connectivity index is 1.86. The van der Waals surface area contributed by atoms with Gasteiger partial charge in [0.2, 0.25) is 0 Å². The van der Waals surface area contributed by atoms with Crippen molar-refractivity contribution >= 4 is 5.91 Å². The fourth-order valence-corrected chi connectivity index (χ4v) is 2.27. The van der Waals surface area contributed by atoms with E-state index in [0.29, 0.717) is 17.4 Å². The number of aromatic nitrogens is 1. The quantitative estimate of drug-likeness (QED) is 0.831. The lowest BCUT2D eigenvalue weighted by molar-refractivity contribution is 0.0908. The Bertz CT molecular complexity index is 381. The first-order chi connectivity index (χ1) is 8.20. The van der Waals surface area contributed by atoms with E-state index >= 15 is 0 Å². The van der Waals surface area contributed by atoms with Gasteiger partial charge < -0.3 is 14.8 Å². The number of aliphatic hydroxyl groups excluding tert-OH is 1. The van der Waals surface area contributed by atoms with Gasteiger partial charge in [-0.15, -0.1) is 0 Å². The zero-order chi connectivity index (χ0) is 12.3. The van der Waals surface area contributed by atoms with Crippen molar-refractivity contribution in [2.45, 2.75) is 38.6 Å². The number of amides is 1. The second-order valence-electron chi connectivity index (χ2n) is 4.63. The summed E-state index contributed by atoms with van der Waals surface area (Å²) in [5.74, 6) is 0.784. The van der Waals surface area contributed by atoms with Crippen molar-refractivity contribution in [1.29, 1.82) is 0 Å². The smallest absolute Gasteiger partial charge is 0.273 e. The number of rotatable bonds is 3. The molecule has 2 N–H and O–H groups in total. The molecule has 1 aliphatic rings. The van der Waals surface area contributed by atoms with Crippen LogP contribution in [0, 0.1) is 12.8 Å². The summed E-state index contributed by atoms with van der Waals surface area (Å²) in [4.78, 5) is 15.8. The van der Waals surface area contributed by atoms with Crippen molar-refractivity contribution in [2.24, 2.45) is 5.92 Å². The Hall–Kier alpha value is -1.36. The lowest BCUT2D eigenvalue weighted by Crippen LogP contribution is -2.38. The normalized spacial score (nSPS) is 24.6. The van der Waals surface area contributed by atoms with E-state index in [2.05, 4.69) is 10.3 Å². The van der Waals surface area contributed by atoms with Crippen LogP contribution in [0.3, 0.4) is 0 Å². The zero-order valence-corrected chi connectivity index (χ0v) is 9.98. The molecule has 1 fully saturated rings. The van der Waals surface area contributed by atoms with Crippen LogP contribution in [0.15, 0.2) is 10.8 Å². The predicted molar refractivity (Wildman–Crippen MR) is 61.5 cm³/mol. The number of hydrogen-bond donors (Lipinski definition) is 2. The van der Waals surface area contributed by atoms with E-state index < -0.39 is 0 Å². The number of carbonyl (C=O) groups is 1. The lowest BCUT2D eigenvalue weighted by atomic mass is 9.86. The van der Waals surface area contributed by atoms with Gasteiger partial charge in [0.15, 0.2) is 12.1 Å². The standard InChI is InChI=1S/C12H18N2O3/c1-8-11(13-7-17-8)12(16)14-10-4-2-9(6-15)3-5-10/h7,9-10,15H,2-6H2,1H3,(H,14,16). The van der Waals surface area contributed by atoms with Gasteiger partial charge in [0.05, 0.1) is 0 Å². The molecule has 0 bridgehead atoms. The van der Waals surface area contributed by atoms with Gasteiger partial charge in [-0.3, -0.25) is 4.79 Å². The first-order valence-electron chi connectivity index (χ1n) is 6.02. The predicted octanol–water partition coefficient (Wildman–Crippen LogP) is 1.26. The first kappa shape index (κ1) is 12.1. The minimum atomic E-state index is -0.163. The summed E-state index contributed by atoms with van der Waals surface area (Å²) >= 11 is 0. The Labute approximate surface area is 100 Å². The molecule has 0 unspecified atom stereocenters. The average molecular weight is 238 g/mol. The summed E-state index contributed by atoms with van der Waals surface area (Å²) in [6.07, 6.45) is 5.08. The van der Waals surface area contributed by atoms with E-state index in [9.17, 15) is 4.79 Å². The monoisotopic (exact) mass is 238 g/mol. The Kier molecular flexibility index (Phi) is 3.78. The van der Waals surface area contributed by atoms with Crippen LogP contribution in [0.2, 0.25) is 0 Å². The van der Waals surface area contributed by atoms with Crippen LogP contribution in [-0.4, -0.2) is 28.6 Å². The minimum Gasteiger partial charge on any atom is -0.448 e. The Morgan fingerprint density at radius 2 is 2.24 bits per heavy atom. The molecule has 17 heavy (non-hydrogen) atoms. The molecule has 2 rings (SSSR count). The molecule has 0 aliphatic heterocycles. The van der Waals surface area contributed by atoms with Crippen molar-refractivity contribution in [3.63, 3.8) is 0 Å². The topological polar surface area (TPSA) is 75.4 Å². The van der Waals surface area contributed by atoms with Crippen molar-refractivity contribution < 1.29 is 14.3 Å².